The lowest BCUT2D eigenvalue weighted by atomic mass is 9.97. The first-order valence-corrected chi connectivity index (χ1v) is 9.34. The Kier molecular flexibility index (Phi) is 6.72. The van der Waals surface area contributed by atoms with Crippen molar-refractivity contribution in [1.29, 1.82) is 0 Å². The summed E-state index contributed by atoms with van der Waals surface area (Å²) < 4.78 is 39.9. The SMILES string of the molecule is CO[C@@H]1O[C@H](COS(=O)(=O)c2ccc(C)cc2)[C@H](O)[C@H](O)[C@H]1NC(C)=O. The Labute approximate surface area is 152 Å². The van der Waals surface area contributed by atoms with E-state index in [0.717, 1.165) is 5.56 Å². The van der Waals surface area contributed by atoms with Crippen LogP contribution in [-0.2, 0) is 28.6 Å². The minimum absolute atomic E-state index is 0.0339. The number of benzene rings is 1. The molecule has 3 N–H and O–H groups in total. The number of aliphatic hydroxyl groups excluding tert-OH is 2. The summed E-state index contributed by atoms with van der Waals surface area (Å²) in [6.45, 7) is 2.54. The molecule has 5 atom stereocenters. The van der Waals surface area contributed by atoms with E-state index in [0.29, 0.717) is 0 Å². The number of methoxy groups -OCH3 is 1. The second-order valence-electron chi connectivity index (χ2n) is 6.04. The molecule has 1 saturated heterocycles. The molecule has 146 valence electrons. The van der Waals surface area contributed by atoms with Crippen LogP contribution in [0.15, 0.2) is 29.2 Å². The average molecular weight is 389 g/mol. The lowest BCUT2D eigenvalue weighted by Crippen LogP contribution is -2.64. The Bertz CT molecular complexity index is 718. The summed E-state index contributed by atoms with van der Waals surface area (Å²) in [5.74, 6) is -0.441. The molecule has 1 aliphatic heterocycles. The van der Waals surface area contributed by atoms with Crippen LogP contribution in [0.5, 0.6) is 0 Å². The van der Waals surface area contributed by atoms with E-state index in [9.17, 15) is 23.4 Å². The fraction of sp³-hybridized carbons (Fsp3) is 0.562. The van der Waals surface area contributed by atoms with Crippen molar-refractivity contribution in [3.05, 3.63) is 29.8 Å². The van der Waals surface area contributed by atoms with Crippen LogP contribution in [0.2, 0.25) is 0 Å². The van der Waals surface area contributed by atoms with Gasteiger partial charge < -0.3 is 25.0 Å². The van der Waals surface area contributed by atoms with E-state index in [-0.39, 0.29) is 4.90 Å². The lowest BCUT2D eigenvalue weighted by Gasteiger charge is -2.41. The van der Waals surface area contributed by atoms with Crippen molar-refractivity contribution >= 4 is 16.0 Å². The van der Waals surface area contributed by atoms with E-state index in [4.69, 9.17) is 13.7 Å². The number of hydrogen-bond acceptors (Lipinski definition) is 8. The summed E-state index contributed by atoms with van der Waals surface area (Å²) in [6.07, 6.45) is -5.15. The standard InChI is InChI=1S/C16H23NO8S/c1-9-4-6-11(7-5-9)26(21,22)24-8-12-14(19)15(20)13(17-10(2)18)16(23-3)25-12/h4-7,12-16,19-20H,8H2,1-3H3,(H,17,18)/t12-,13-,14+,15-,16-/m1/s1. The topological polar surface area (TPSA) is 131 Å². The van der Waals surface area contributed by atoms with Crippen LogP contribution in [0.25, 0.3) is 0 Å². The van der Waals surface area contributed by atoms with Crippen LogP contribution in [0.1, 0.15) is 12.5 Å². The number of nitrogens with one attached hydrogen (secondary N) is 1. The van der Waals surface area contributed by atoms with E-state index in [1.165, 1.54) is 26.2 Å². The van der Waals surface area contributed by atoms with Gasteiger partial charge in [0.1, 0.15) is 24.4 Å². The van der Waals surface area contributed by atoms with Gasteiger partial charge in [0.25, 0.3) is 10.1 Å². The molecule has 1 amide bonds. The number of carbonyl (C=O) groups is 1. The van der Waals surface area contributed by atoms with Gasteiger partial charge in [0, 0.05) is 14.0 Å². The summed E-state index contributed by atoms with van der Waals surface area (Å²) in [5.41, 5.74) is 0.894. The van der Waals surface area contributed by atoms with Crippen LogP contribution in [0, 0.1) is 6.92 Å². The van der Waals surface area contributed by atoms with E-state index < -0.39 is 53.3 Å². The molecule has 0 unspecified atom stereocenters. The maximum absolute atomic E-state index is 12.2. The first-order valence-electron chi connectivity index (χ1n) is 7.93. The third-order valence-corrected chi connectivity index (χ3v) is 5.30. The van der Waals surface area contributed by atoms with Crippen molar-refractivity contribution in [3.8, 4) is 0 Å². The normalized spacial score (nSPS) is 29.3. The van der Waals surface area contributed by atoms with Crippen molar-refractivity contribution < 1.29 is 37.1 Å². The molecule has 0 spiro atoms. The molecule has 0 aromatic heterocycles. The monoisotopic (exact) mass is 389 g/mol. The lowest BCUT2D eigenvalue weighted by molar-refractivity contribution is -0.261. The molecule has 0 bridgehead atoms. The van der Waals surface area contributed by atoms with Crippen LogP contribution in [0.3, 0.4) is 0 Å². The molecule has 1 fully saturated rings. The summed E-state index contributed by atoms with van der Waals surface area (Å²) in [5, 5.41) is 22.8. The highest BCUT2D eigenvalue weighted by Gasteiger charge is 2.45. The number of ether oxygens (including phenoxy) is 2. The number of aliphatic hydroxyl groups is 2. The van der Waals surface area contributed by atoms with Gasteiger partial charge in [-0.25, -0.2) is 0 Å². The molecule has 0 saturated carbocycles. The molecule has 10 heteroatoms. The predicted octanol–water partition coefficient (Wildman–Crippen LogP) is -0.702. The highest BCUT2D eigenvalue weighted by Crippen LogP contribution is 2.23. The Hall–Kier alpha value is -1.56. The quantitative estimate of drug-likeness (QED) is 0.544. The molecular formula is C16H23NO8S. The predicted molar refractivity (Wildman–Crippen MR) is 89.6 cm³/mol. The van der Waals surface area contributed by atoms with Crippen LogP contribution >= 0.6 is 0 Å². The van der Waals surface area contributed by atoms with Crippen LogP contribution < -0.4 is 5.32 Å². The van der Waals surface area contributed by atoms with Gasteiger partial charge in [-0.05, 0) is 19.1 Å². The number of carbonyl (C=O) groups excluding carboxylic acids is 1. The van der Waals surface area contributed by atoms with Gasteiger partial charge in [0.2, 0.25) is 5.91 Å². The third-order valence-electron chi connectivity index (χ3n) is 4.00. The van der Waals surface area contributed by atoms with Crippen molar-refractivity contribution in [2.75, 3.05) is 13.7 Å². The molecular weight excluding hydrogens is 366 g/mol. The third kappa shape index (κ3) is 4.78. The fourth-order valence-electron chi connectivity index (χ4n) is 2.59. The number of hydrogen-bond donors (Lipinski definition) is 3. The maximum atomic E-state index is 12.2. The van der Waals surface area contributed by atoms with Crippen LogP contribution in [-0.4, -0.2) is 68.9 Å². The minimum atomic E-state index is -4.06. The average Bonchev–Trinajstić information content (AvgIpc) is 2.58. The minimum Gasteiger partial charge on any atom is -0.388 e. The first-order chi connectivity index (χ1) is 12.2. The van der Waals surface area contributed by atoms with Gasteiger partial charge >= 0.3 is 0 Å². The fourth-order valence-corrected chi connectivity index (χ4v) is 3.51. The Morgan fingerprint density at radius 2 is 1.85 bits per heavy atom. The zero-order chi connectivity index (χ0) is 19.5. The molecule has 0 aliphatic carbocycles. The van der Waals surface area contributed by atoms with Gasteiger partial charge in [0.05, 0.1) is 11.5 Å². The molecule has 0 radical (unpaired) electrons. The van der Waals surface area contributed by atoms with Crippen molar-refractivity contribution in [3.63, 3.8) is 0 Å². The Morgan fingerprint density at radius 3 is 2.38 bits per heavy atom. The number of amides is 1. The summed E-state index contributed by atoms with van der Waals surface area (Å²) >= 11 is 0. The van der Waals surface area contributed by atoms with Crippen molar-refractivity contribution in [2.45, 2.75) is 49.4 Å². The molecule has 26 heavy (non-hydrogen) atoms. The van der Waals surface area contributed by atoms with Gasteiger partial charge in [-0.1, -0.05) is 17.7 Å². The van der Waals surface area contributed by atoms with E-state index in [2.05, 4.69) is 5.32 Å². The summed E-state index contributed by atoms with van der Waals surface area (Å²) in [4.78, 5) is 11.2. The number of aryl methyl sites for hydroxylation is 1. The first kappa shape index (κ1) is 20.7. The Balaban J connectivity index is 2.07. The second-order valence-corrected chi connectivity index (χ2v) is 7.65. The van der Waals surface area contributed by atoms with Gasteiger partial charge in [0.15, 0.2) is 6.29 Å². The molecule has 1 aliphatic rings. The largest absolute Gasteiger partial charge is 0.388 e. The zero-order valence-corrected chi connectivity index (χ0v) is 15.5. The molecule has 1 aromatic carbocycles. The van der Waals surface area contributed by atoms with Crippen molar-refractivity contribution in [1.82, 2.24) is 5.32 Å². The highest BCUT2D eigenvalue weighted by atomic mass is 32.2. The molecule has 1 heterocycles. The Morgan fingerprint density at radius 1 is 1.23 bits per heavy atom. The van der Waals surface area contributed by atoms with Gasteiger partial charge in [-0.2, -0.15) is 8.42 Å². The van der Waals surface area contributed by atoms with Gasteiger partial charge in [-0.15, -0.1) is 0 Å². The summed E-state index contributed by atoms with van der Waals surface area (Å²) in [7, 11) is -2.76. The molecule has 2 rings (SSSR count). The molecule has 9 nitrogen and oxygen atoms in total. The second kappa shape index (κ2) is 8.42. The smallest absolute Gasteiger partial charge is 0.297 e. The van der Waals surface area contributed by atoms with E-state index in [1.807, 2.05) is 6.92 Å². The van der Waals surface area contributed by atoms with Crippen LogP contribution in [0.4, 0.5) is 0 Å². The van der Waals surface area contributed by atoms with Gasteiger partial charge in [-0.3, -0.25) is 8.98 Å². The summed E-state index contributed by atoms with van der Waals surface area (Å²) in [6, 6.07) is 5.07. The zero-order valence-electron chi connectivity index (χ0n) is 14.7. The van der Waals surface area contributed by atoms with E-state index >= 15 is 0 Å². The highest BCUT2D eigenvalue weighted by molar-refractivity contribution is 7.86. The number of rotatable bonds is 6. The van der Waals surface area contributed by atoms with E-state index in [1.54, 1.807) is 12.1 Å². The molecule has 1 aromatic rings. The maximum Gasteiger partial charge on any atom is 0.297 e. The van der Waals surface area contributed by atoms with Crippen molar-refractivity contribution in [2.24, 2.45) is 0 Å².